The number of rotatable bonds is 6. The van der Waals surface area contributed by atoms with Gasteiger partial charge in [-0.3, -0.25) is 4.99 Å². The van der Waals surface area contributed by atoms with Gasteiger partial charge in [-0.2, -0.15) is 0 Å². The third-order valence-electron chi connectivity index (χ3n) is 3.57. The van der Waals surface area contributed by atoms with E-state index in [0.29, 0.717) is 18.5 Å². The molecule has 0 aromatic heterocycles. The van der Waals surface area contributed by atoms with Gasteiger partial charge in [0.25, 0.3) is 0 Å². The Morgan fingerprint density at radius 1 is 1.28 bits per heavy atom. The molecule has 0 fully saturated rings. The zero-order chi connectivity index (χ0) is 18.4. The van der Waals surface area contributed by atoms with E-state index in [1.807, 2.05) is 0 Å². The summed E-state index contributed by atoms with van der Waals surface area (Å²) in [6, 6.07) is 3.35. The number of aromatic hydroxyl groups is 2. The van der Waals surface area contributed by atoms with Crippen molar-refractivity contribution in [3.63, 3.8) is 0 Å². The molecule has 2 rings (SSSR count). The highest BCUT2D eigenvalue weighted by molar-refractivity contribution is 5.88. The highest BCUT2D eigenvalue weighted by Crippen LogP contribution is 2.24. The molecule has 132 valence electrons. The molecule has 0 aliphatic carbocycles. The van der Waals surface area contributed by atoms with E-state index in [9.17, 15) is 30.0 Å². The minimum atomic E-state index is -1.50. The first-order valence-electron chi connectivity index (χ1n) is 7.47. The molecular formula is C17H16N2O6-2. The van der Waals surface area contributed by atoms with E-state index in [1.165, 1.54) is 30.5 Å². The van der Waals surface area contributed by atoms with Gasteiger partial charge in [0.15, 0.2) is 11.5 Å². The molecule has 0 saturated carbocycles. The minimum Gasteiger partial charge on any atom is -0.548 e. The molecule has 0 unspecified atom stereocenters. The van der Waals surface area contributed by atoms with Crippen LogP contribution in [0.1, 0.15) is 12.0 Å². The molecule has 3 N–H and O–H groups in total. The molecule has 1 aromatic rings. The quantitative estimate of drug-likeness (QED) is 0.415. The van der Waals surface area contributed by atoms with Gasteiger partial charge in [0.2, 0.25) is 0 Å². The fourth-order valence-electron chi connectivity index (χ4n) is 2.28. The van der Waals surface area contributed by atoms with Crippen LogP contribution in [0.25, 0.3) is 0 Å². The van der Waals surface area contributed by atoms with Crippen molar-refractivity contribution >= 4 is 18.2 Å². The number of carboxylic acids is 2. The number of nitrogens with one attached hydrogen (secondary N) is 1. The van der Waals surface area contributed by atoms with Crippen molar-refractivity contribution in [3.05, 3.63) is 47.2 Å². The largest absolute Gasteiger partial charge is 0.548 e. The molecule has 1 aliphatic rings. The number of phenols is 2. The highest BCUT2D eigenvalue weighted by Gasteiger charge is 2.18. The van der Waals surface area contributed by atoms with Crippen LogP contribution in [0.15, 0.2) is 46.6 Å². The molecule has 0 amide bonds. The van der Waals surface area contributed by atoms with Crippen LogP contribution in [0.5, 0.6) is 11.5 Å². The molecule has 1 aliphatic heterocycles. The Labute approximate surface area is 143 Å². The van der Waals surface area contributed by atoms with Crippen molar-refractivity contribution in [2.75, 3.05) is 6.54 Å². The standard InChI is InChI=1S/C17H18N2O6/c20-14-2-1-10(9-15(14)21)3-5-18-6-4-11-7-12(16(22)23)19-13(8-11)17(24)25/h1-2,4,6-7,9,13,19-21H,3,5,8H2,(H,22,23)(H,24,25)/p-2/b11-4-,18-6?/t13-/m0/s1. The minimum absolute atomic E-state index is 0.0664. The summed E-state index contributed by atoms with van der Waals surface area (Å²) in [6.07, 6.45) is 4.86. The average molecular weight is 344 g/mol. The molecule has 0 saturated heterocycles. The van der Waals surface area contributed by atoms with Crippen LogP contribution in [0.4, 0.5) is 0 Å². The first-order valence-corrected chi connectivity index (χ1v) is 7.47. The predicted molar refractivity (Wildman–Crippen MR) is 84.6 cm³/mol. The maximum Gasteiger partial charge on any atom is 0.157 e. The summed E-state index contributed by atoms with van der Waals surface area (Å²) >= 11 is 0. The normalized spacial score (nSPS) is 18.8. The molecular weight excluding hydrogens is 328 g/mol. The van der Waals surface area contributed by atoms with E-state index < -0.39 is 18.0 Å². The lowest BCUT2D eigenvalue weighted by Crippen LogP contribution is -2.49. The van der Waals surface area contributed by atoms with E-state index >= 15 is 0 Å². The molecule has 1 aromatic carbocycles. The van der Waals surface area contributed by atoms with Crippen molar-refractivity contribution < 1.29 is 30.0 Å². The summed E-state index contributed by atoms with van der Waals surface area (Å²) in [5, 5.41) is 42.8. The average Bonchev–Trinajstić information content (AvgIpc) is 2.57. The number of aliphatic carboxylic acids is 2. The zero-order valence-corrected chi connectivity index (χ0v) is 13.1. The Balaban J connectivity index is 1.97. The van der Waals surface area contributed by atoms with Gasteiger partial charge >= 0.3 is 0 Å². The molecule has 0 radical (unpaired) electrons. The Kier molecular flexibility index (Phi) is 5.78. The van der Waals surface area contributed by atoms with Crippen LogP contribution in [-0.2, 0) is 16.0 Å². The summed E-state index contributed by atoms with van der Waals surface area (Å²) in [4.78, 5) is 26.0. The number of hydrogen-bond donors (Lipinski definition) is 3. The third kappa shape index (κ3) is 5.10. The lowest BCUT2D eigenvalue weighted by atomic mass is 10.00. The molecule has 0 spiro atoms. The molecule has 25 heavy (non-hydrogen) atoms. The number of allylic oxidation sites excluding steroid dienone is 2. The fraction of sp³-hybridized carbons (Fsp3) is 0.235. The smallest absolute Gasteiger partial charge is 0.157 e. The predicted octanol–water partition coefficient (Wildman–Crippen LogP) is -1.62. The van der Waals surface area contributed by atoms with Gasteiger partial charge in [0.1, 0.15) is 0 Å². The molecule has 8 nitrogen and oxygen atoms in total. The van der Waals surface area contributed by atoms with Gasteiger partial charge in [0, 0.05) is 12.8 Å². The number of carbonyl (C=O) groups is 2. The maximum atomic E-state index is 10.9. The van der Waals surface area contributed by atoms with Crippen LogP contribution in [0, 0.1) is 0 Å². The third-order valence-corrected chi connectivity index (χ3v) is 3.57. The van der Waals surface area contributed by atoms with Gasteiger partial charge in [-0.15, -0.1) is 0 Å². The number of carboxylic acid groups (broad SMARTS) is 2. The van der Waals surface area contributed by atoms with Crippen molar-refractivity contribution in [1.29, 1.82) is 0 Å². The Morgan fingerprint density at radius 3 is 2.68 bits per heavy atom. The van der Waals surface area contributed by atoms with Crippen LogP contribution >= 0.6 is 0 Å². The van der Waals surface area contributed by atoms with Gasteiger partial charge in [-0.05, 0) is 48.3 Å². The first-order chi connectivity index (χ1) is 11.9. The first kappa shape index (κ1) is 18.1. The second kappa shape index (κ2) is 8.00. The lowest BCUT2D eigenvalue weighted by Gasteiger charge is -2.28. The van der Waals surface area contributed by atoms with E-state index in [0.717, 1.165) is 5.56 Å². The molecule has 1 heterocycles. The SMILES string of the molecule is O=C([O-])C1=C/C(=C/C=NCCc2ccc(O)c(O)c2)C[C@@H](C(=O)[O-])N1. The molecule has 1 atom stereocenters. The Hall–Kier alpha value is -3.29. The molecule has 8 heteroatoms. The van der Waals surface area contributed by atoms with E-state index in [2.05, 4.69) is 10.3 Å². The van der Waals surface area contributed by atoms with Gasteiger partial charge in [0.05, 0.1) is 23.7 Å². The fourth-order valence-corrected chi connectivity index (χ4v) is 2.28. The monoisotopic (exact) mass is 344 g/mol. The van der Waals surface area contributed by atoms with Crippen LogP contribution in [0.3, 0.4) is 0 Å². The second-order valence-electron chi connectivity index (χ2n) is 5.44. The topological polar surface area (TPSA) is 145 Å². The summed E-state index contributed by atoms with van der Waals surface area (Å²) in [6.45, 7) is 0.396. The second-order valence-corrected chi connectivity index (χ2v) is 5.44. The number of aliphatic imine (C=N–C) groups is 1. The van der Waals surface area contributed by atoms with Crippen molar-refractivity contribution in [1.82, 2.24) is 5.32 Å². The number of benzene rings is 1. The number of nitrogens with zero attached hydrogens (tertiary/aromatic N) is 1. The van der Waals surface area contributed by atoms with Crippen molar-refractivity contribution in [2.24, 2.45) is 4.99 Å². The van der Waals surface area contributed by atoms with Gasteiger partial charge < -0.3 is 35.3 Å². The Morgan fingerprint density at radius 2 is 2.04 bits per heavy atom. The van der Waals surface area contributed by atoms with Crippen LogP contribution in [0.2, 0.25) is 0 Å². The van der Waals surface area contributed by atoms with Crippen LogP contribution < -0.4 is 15.5 Å². The summed E-state index contributed by atoms with van der Waals surface area (Å²) in [5.74, 6) is -3.30. The summed E-state index contributed by atoms with van der Waals surface area (Å²) in [5.41, 5.74) is 0.941. The Bertz CT molecular complexity index is 766. The lowest BCUT2D eigenvalue weighted by molar-refractivity contribution is -0.308. The highest BCUT2D eigenvalue weighted by atomic mass is 16.4. The van der Waals surface area contributed by atoms with E-state index in [4.69, 9.17) is 0 Å². The summed E-state index contributed by atoms with van der Waals surface area (Å²) in [7, 11) is 0. The van der Waals surface area contributed by atoms with Gasteiger partial charge in [-0.25, -0.2) is 0 Å². The number of phenolic OH excluding ortho intramolecular Hbond substituents is 2. The summed E-state index contributed by atoms with van der Waals surface area (Å²) < 4.78 is 0. The molecule has 0 bridgehead atoms. The zero-order valence-electron chi connectivity index (χ0n) is 13.1. The van der Waals surface area contributed by atoms with E-state index in [1.54, 1.807) is 6.07 Å². The van der Waals surface area contributed by atoms with E-state index in [-0.39, 0.29) is 23.6 Å². The van der Waals surface area contributed by atoms with Gasteiger partial charge in [-0.1, -0.05) is 6.07 Å². The number of carbonyl (C=O) groups excluding carboxylic acids is 2. The van der Waals surface area contributed by atoms with Crippen molar-refractivity contribution in [3.8, 4) is 11.5 Å². The van der Waals surface area contributed by atoms with Crippen LogP contribution in [-0.4, -0.2) is 41.0 Å². The maximum absolute atomic E-state index is 10.9. The number of hydrogen-bond acceptors (Lipinski definition) is 8. The van der Waals surface area contributed by atoms with Crippen molar-refractivity contribution in [2.45, 2.75) is 18.9 Å².